The third-order valence-electron chi connectivity index (χ3n) is 3.98. The summed E-state index contributed by atoms with van der Waals surface area (Å²) in [6, 6.07) is 18.1. The molecule has 1 atom stereocenters. The standard InChI is InChI=1S/C19H21N3O/c1-14(15-7-3-2-4-8-15)13-19(23)20-12-11-18-21-16-9-5-6-10-17(16)22-18/h2-10,14H,11-13H2,1H3,(H,20,23)(H,21,22)/t14-/m0/s1. The van der Waals surface area contributed by atoms with Crippen LogP contribution in [0.3, 0.4) is 0 Å². The number of benzene rings is 2. The number of imidazole rings is 1. The lowest BCUT2D eigenvalue weighted by atomic mass is 9.97. The number of rotatable bonds is 6. The van der Waals surface area contributed by atoms with Gasteiger partial charge in [-0.2, -0.15) is 0 Å². The number of aromatic nitrogens is 2. The third kappa shape index (κ3) is 3.97. The fraction of sp³-hybridized carbons (Fsp3) is 0.263. The molecule has 0 spiro atoms. The molecule has 1 amide bonds. The van der Waals surface area contributed by atoms with Gasteiger partial charge in [-0.25, -0.2) is 4.98 Å². The quantitative estimate of drug-likeness (QED) is 0.733. The molecule has 0 bridgehead atoms. The van der Waals surface area contributed by atoms with E-state index in [1.54, 1.807) is 0 Å². The molecule has 1 heterocycles. The lowest BCUT2D eigenvalue weighted by Crippen LogP contribution is -2.26. The van der Waals surface area contributed by atoms with E-state index in [0.29, 0.717) is 19.4 Å². The molecule has 0 radical (unpaired) electrons. The minimum Gasteiger partial charge on any atom is -0.356 e. The second kappa shape index (κ2) is 7.09. The van der Waals surface area contributed by atoms with E-state index in [2.05, 4.69) is 34.3 Å². The Morgan fingerprint density at radius 1 is 1.13 bits per heavy atom. The molecule has 2 aromatic carbocycles. The second-order valence-electron chi connectivity index (χ2n) is 5.82. The first-order chi connectivity index (χ1) is 11.2. The summed E-state index contributed by atoms with van der Waals surface area (Å²) >= 11 is 0. The highest BCUT2D eigenvalue weighted by Gasteiger charge is 2.10. The van der Waals surface area contributed by atoms with Crippen LogP contribution >= 0.6 is 0 Å². The summed E-state index contributed by atoms with van der Waals surface area (Å²) in [6.45, 7) is 2.67. The van der Waals surface area contributed by atoms with Gasteiger partial charge in [-0.15, -0.1) is 0 Å². The summed E-state index contributed by atoms with van der Waals surface area (Å²) in [6.07, 6.45) is 1.21. The summed E-state index contributed by atoms with van der Waals surface area (Å²) in [5.74, 6) is 1.21. The number of amides is 1. The van der Waals surface area contributed by atoms with Crippen LogP contribution in [0.5, 0.6) is 0 Å². The first kappa shape index (κ1) is 15.3. The predicted octanol–water partition coefficient (Wildman–Crippen LogP) is 3.42. The van der Waals surface area contributed by atoms with Crippen LogP contribution < -0.4 is 5.32 Å². The average molecular weight is 307 g/mol. The highest BCUT2D eigenvalue weighted by Crippen LogP contribution is 2.18. The smallest absolute Gasteiger partial charge is 0.220 e. The number of aromatic amines is 1. The van der Waals surface area contributed by atoms with Gasteiger partial charge in [0.15, 0.2) is 0 Å². The Kier molecular flexibility index (Phi) is 4.71. The van der Waals surface area contributed by atoms with Crippen LogP contribution in [0.2, 0.25) is 0 Å². The molecule has 0 saturated carbocycles. The molecule has 4 heteroatoms. The molecule has 2 N–H and O–H groups in total. The van der Waals surface area contributed by atoms with Gasteiger partial charge >= 0.3 is 0 Å². The van der Waals surface area contributed by atoms with Crippen molar-refractivity contribution in [2.24, 2.45) is 0 Å². The zero-order valence-corrected chi connectivity index (χ0v) is 13.3. The van der Waals surface area contributed by atoms with Crippen molar-refractivity contribution in [1.82, 2.24) is 15.3 Å². The van der Waals surface area contributed by atoms with Crippen LogP contribution in [0.4, 0.5) is 0 Å². The maximum atomic E-state index is 12.0. The van der Waals surface area contributed by atoms with Gasteiger partial charge in [0.05, 0.1) is 11.0 Å². The van der Waals surface area contributed by atoms with Crippen molar-refractivity contribution < 1.29 is 4.79 Å². The average Bonchev–Trinajstić information content (AvgIpc) is 2.98. The van der Waals surface area contributed by atoms with E-state index in [1.807, 2.05) is 42.5 Å². The van der Waals surface area contributed by atoms with Gasteiger partial charge in [-0.3, -0.25) is 4.79 Å². The highest BCUT2D eigenvalue weighted by atomic mass is 16.1. The first-order valence-electron chi connectivity index (χ1n) is 7.97. The Bertz CT molecular complexity index is 746. The van der Waals surface area contributed by atoms with Crippen LogP contribution in [0.25, 0.3) is 11.0 Å². The molecule has 0 aliphatic carbocycles. The van der Waals surface area contributed by atoms with Crippen LogP contribution in [-0.4, -0.2) is 22.4 Å². The van der Waals surface area contributed by atoms with Crippen LogP contribution in [-0.2, 0) is 11.2 Å². The molecule has 0 saturated heterocycles. The Balaban J connectivity index is 1.47. The summed E-state index contributed by atoms with van der Waals surface area (Å²) < 4.78 is 0. The Labute approximate surface area is 136 Å². The number of para-hydroxylation sites is 2. The van der Waals surface area contributed by atoms with E-state index < -0.39 is 0 Å². The second-order valence-corrected chi connectivity index (χ2v) is 5.82. The van der Waals surface area contributed by atoms with Crippen LogP contribution in [0.15, 0.2) is 54.6 Å². The van der Waals surface area contributed by atoms with Crippen molar-refractivity contribution in [3.63, 3.8) is 0 Å². The minimum absolute atomic E-state index is 0.0810. The van der Waals surface area contributed by atoms with Crippen molar-refractivity contribution in [3.8, 4) is 0 Å². The topological polar surface area (TPSA) is 57.8 Å². The lowest BCUT2D eigenvalue weighted by molar-refractivity contribution is -0.121. The number of fused-ring (bicyclic) bond motifs is 1. The van der Waals surface area contributed by atoms with Crippen molar-refractivity contribution in [3.05, 3.63) is 66.0 Å². The third-order valence-corrected chi connectivity index (χ3v) is 3.98. The van der Waals surface area contributed by atoms with Crippen LogP contribution in [0, 0.1) is 0 Å². The van der Waals surface area contributed by atoms with Crippen molar-refractivity contribution in [2.45, 2.75) is 25.7 Å². The number of hydrogen-bond donors (Lipinski definition) is 2. The molecule has 0 aliphatic rings. The number of carbonyl (C=O) groups excluding carboxylic acids is 1. The number of hydrogen-bond acceptors (Lipinski definition) is 2. The highest BCUT2D eigenvalue weighted by molar-refractivity contribution is 5.77. The summed E-state index contributed by atoms with van der Waals surface area (Å²) in [4.78, 5) is 19.8. The Hall–Kier alpha value is -2.62. The van der Waals surface area contributed by atoms with Crippen molar-refractivity contribution in [1.29, 1.82) is 0 Å². The van der Waals surface area contributed by atoms with E-state index in [-0.39, 0.29) is 11.8 Å². The zero-order valence-electron chi connectivity index (χ0n) is 13.3. The fourth-order valence-electron chi connectivity index (χ4n) is 2.69. The van der Waals surface area contributed by atoms with Crippen molar-refractivity contribution >= 4 is 16.9 Å². The first-order valence-corrected chi connectivity index (χ1v) is 7.97. The fourth-order valence-corrected chi connectivity index (χ4v) is 2.69. The Morgan fingerprint density at radius 2 is 1.87 bits per heavy atom. The van der Waals surface area contributed by atoms with E-state index in [0.717, 1.165) is 16.9 Å². The number of nitrogens with zero attached hydrogens (tertiary/aromatic N) is 1. The SMILES string of the molecule is C[C@@H](CC(=O)NCCc1nc2ccccc2[nH]1)c1ccccc1. The maximum Gasteiger partial charge on any atom is 0.220 e. The van der Waals surface area contributed by atoms with Crippen molar-refractivity contribution in [2.75, 3.05) is 6.54 Å². The molecular weight excluding hydrogens is 286 g/mol. The Morgan fingerprint density at radius 3 is 2.65 bits per heavy atom. The lowest BCUT2D eigenvalue weighted by Gasteiger charge is -2.11. The van der Waals surface area contributed by atoms with E-state index >= 15 is 0 Å². The van der Waals surface area contributed by atoms with Gasteiger partial charge in [-0.05, 0) is 23.6 Å². The van der Waals surface area contributed by atoms with E-state index in [9.17, 15) is 4.79 Å². The molecule has 23 heavy (non-hydrogen) atoms. The molecule has 118 valence electrons. The van der Waals surface area contributed by atoms with Gasteiger partial charge in [0.2, 0.25) is 5.91 Å². The van der Waals surface area contributed by atoms with E-state index in [4.69, 9.17) is 0 Å². The molecular formula is C19H21N3O. The van der Waals surface area contributed by atoms with Gasteiger partial charge in [0, 0.05) is 19.4 Å². The molecule has 3 aromatic rings. The molecule has 4 nitrogen and oxygen atoms in total. The van der Waals surface area contributed by atoms with Gasteiger partial charge in [0.25, 0.3) is 0 Å². The number of nitrogens with one attached hydrogen (secondary N) is 2. The predicted molar refractivity (Wildman–Crippen MR) is 92.3 cm³/mol. The maximum absolute atomic E-state index is 12.0. The minimum atomic E-state index is 0.0810. The van der Waals surface area contributed by atoms with Gasteiger partial charge in [-0.1, -0.05) is 49.4 Å². The molecule has 1 aromatic heterocycles. The molecule has 0 aliphatic heterocycles. The number of H-pyrrole nitrogens is 1. The summed E-state index contributed by atoms with van der Waals surface area (Å²) in [5, 5.41) is 2.98. The molecule has 0 unspecified atom stereocenters. The molecule has 0 fully saturated rings. The zero-order chi connectivity index (χ0) is 16.1. The van der Waals surface area contributed by atoms with Crippen LogP contribution in [0.1, 0.15) is 30.7 Å². The van der Waals surface area contributed by atoms with Gasteiger partial charge < -0.3 is 10.3 Å². The number of carbonyl (C=O) groups is 1. The normalized spacial score (nSPS) is 12.2. The summed E-state index contributed by atoms with van der Waals surface area (Å²) in [5.41, 5.74) is 3.19. The summed E-state index contributed by atoms with van der Waals surface area (Å²) in [7, 11) is 0. The van der Waals surface area contributed by atoms with Gasteiger partial charge in [0.1, 0.15) is 5.82 Å². The van der Waals surface area contributed by atoms with E-state index in [1.165, 1.54) is 5.56 Å². The largest absolute Gasteiger partial charge is 0.356 e. The monoisotopic (exact) mass is 307 g/mol. The molecule has 3 rings (SSSR count).